The standard InChI is InChI=1S/C16H22N2O3S/c1-4-5-13-22(20,21)17-12-6-7-14-8-10-15(11-9-14)16(19)18(2)3/h8-11,17H,4-5,12-13H2,1-3H3. The lowest BCUT2D eigenvalue weighted by Gasteiger charge is -2.09. The number of nitrogens with zero attached hydrogens (tertiary/aromatic N) is 1. The number of unbranched alkanes of at least 4 members (excludes halogenated alkanes) is 1. The molecule has 0 radical (unpaired) electrons. The highest BCUT2D eigenvalue weighted by Crippen LogP contribution is 2.05. The summed E-state index contributed by atoms with van der Waals surface area (Å²) in [4.78, 5) is 13.2. The van der Waals surface area contributed by atoms with Crippen molar-refractivity contribution in [3.63, 3.8) is 0 Å². The molecule has 1 aromatic rings. The summed E-state index contributed by atoms with van der Waals surface area (Å²) in [6.07, 6.45) is 1.48. The maximum Gasteiger partial charge on any atom is 0.253 e. The number of hydrogen-bond acceptors (Lipinski definition) is 3. The van der Waals surface area contributed by atoms with Crippen LogP contribution in [-0.2, 0) is 10.0 Å². The minimum Gasteiger partial charge on any atom is -0.345 e. The molecule has 5 nitrogen and oxygen atoms in total. The molecule has 0 unspecified atom stereocenters. The van der Waals surface area contributed by atoms with Crippen LogP contribution in [0.5, 0.6) is 0 Å². The first-order chi connectivity index (χ1) is 10.4. The van der Waals surface area contributed by atoms with E-state index in [1.54, 1.807) is 38.4 Å². The van der Waals surface area contributed by atoms with Crippen molar-refractivity contribution in [2.24, 2.45) is 0 Å². The Morgan fingerprint density at radius 3 is 2.41 bits per heavy atom. The molecule has 120 valence electrons. The number of sulfonamides is 1. The van der Waals surface area contributed by atoms with Crippen molar-refractivity contribution in [1.82, 2.24) is 9.62 Å². The van der Waals surface area contributed by atoms with Crippen molar-refractivity contribution in [2.75, 3.05) is 26.4 Å². The van der Waals surface area contributed by atoms with Crippen molar-refractivity contribution in [2.45, 2.75) is 19.8 Å². The maximum absolute atomic E-state index is 11.7. The molecule has 0 atom stereocenters. The van der Waals surface area contributed by atoms with Crippen LogP contribution in [0.1, 0.15) is 35.7 Å². The summed E-state index contributed by atoms with van der Waals surface area (Å²) in [5, 5.41) is 0. The van der Waals surface area contributed by atoms with Crippen LogP contribution >= 0.6 is 0 Å². The zero-order valence-electron chi connectivity index (χ0n) is 13.2. The first-order valence-corrected chi connectivity index (χ1v) is 8.79. The Hall–Kier alpha value is -1.84. The smallest absolute Gasteiger partial charge is 0.253 e. The largest absolute Gasteiger partial charge is 0.345 e. The number of hydrogen-bond donors (Lipinski definition) is 1. The van der Waals surface area contributed by atoms with Crippen LogP contribution in [0.15, 0.2) is 24.3 Å². The molecule has 0 aliphatic carbocycles. The highest BCUT2D eigenvalue weighted by Gasteiger charge is 2.07. The van der Waals surface area contributed by atoms with Gasteiger partial charge in [0, 0.05) is 25.2 Å². The molecule has 0 saturated heterocycles. The molecule has 0 aliphatic rings. The lowest BCUT2D eigenvalue weighted by Crippen LogP contribution is -2.26. The summed E-state index contributed by atoms with van der Waals surface area (Å²) in [5.41, 5.74) is 1.33. The number of benzene rings is 1. The molecule has 22 heavy (non-hydrogen) atoms. The van der Waals surface area contributed by atoms with E-state index >= 15 is 0 Å². The fourth-order valence-electron chi connectivity index (χ4n) is 1.65. The third kappa shape index (κ3) is 6.29. The number of rotatable bonds is 6. The first-order valence-electron chi connectivity index (χ1n) is 7.13. The maximum atomic E-state index is 11.7. The third-order valence-corrected chi connectivity index (χ3v) is 4.33. The van der Waals surface area contributed by atoms with Crippen LogP contribution in [0.25, 0.3) is 0 Å². The van der Waals surface area contributed by atoms with Gasteiger partial charge in [-0.3, -0.25) is 4.79 Å². The van der Waals surface area contributed by atoms with E-state index in [9.17, 15) is 13.2 Å². The first kappa shape index (κ1) is 18.2. The summed E-state index contributed by atoms with van der Waals surface area (Å²) in [5.74, 6) is 5.70. The molecule has 0 fully saturated rings. The SMILES string of the molecule is CCCCS(=O)(=O)NCC#Cc1ccc(C(=O)N(C)C)cc1. The van der Waals surface area contributed by atoms with Crippen molar-refractivity contribution in [1.29, 1.82) is 0 Å². The molecule has 0 bridgehead atoms. The Labute approximate surface area is 132 Å². The van der Waals surface area contributed by atoms with Gasteiger partial charge in [-0.1, -0.05) is 25.2 Å². The fourth-order valence-corrected chi connectivity index (χ4v) is 2.76. The lowest BCUT2D eigenvalue weighted by molar-refractivity contribution is 0.0827. The number of carbonyl (C=O) groups excluding carboxylic acids is 1. The van der Waals surface area contributed by atoms with E-state index in [1.165, 1.54) is 4.90 Å². The third-order valence-electron chi connectivity index (χ3n) is 2.92. The molecule has 1 amide bonds. The molecule has 0 heterocycles. The number of amides is 1. The van der Waals surface area contributed by atoms with Gasteiger partial charge in [0.15, 0.2) is 0 Å². The van der Waals surface area contributed by atoms with Crippen LogP contribution in [0.4, 0.5) is 0 Å². The second-order valence-corrected chi connectivity index (χ2v) is 7.00. The van der Waals surface area contributed by atoms with Gasteiger partial charge in [0.1, 0.15) is 0 Å². The predicted octanol–water partition coefficient (Wildman–Crippen LogP) is 1.46. The summed E-state index contributed by atoms with van der Waals surface area (Å²) in [6.45, 7) is 2.03. The molecule has 0 saturated carbocycles. The van der Waals surface area contributed by atoms with Crippen LogP contribution in [-0.4, -0.2) is 45.6 Å². The summed E-state index contributed by atoms with van der Waals surface area (Å²) < 4.78 is 25.6. The molecular weight excluding hydrogens is 300 g/mol. The Balaban J connectivity index is 2.57. The van der Waals surface area contributed by atoms with Crippen LogP contribution in [0.3, 0.4) is 0 Å². The van der Waals surface area contributed by atoms with Crippen molar-refractivity contribution in [3.8, 4) is 11.8 Å². The minimum absolute atomic E-state index is 0.0665. The van der Waals surface area contributed by atoms with E-state index in [4.69, 9.17) is 0 Å². The van der Waals surface area contributed by atoms with Crippen LogP contribution in [0.2, 0.25) is 0 Å². The van der Waals surface area contributed by atoms with Gasteiger partial charge in [-0.05, 0) is 30.7 Å². The van der Waals surface area contributed by atoms with E-state index < -0.39 is 10.0 Å². The Kier molecular flexibility index (Phi) is 7.09. The van der Waals surface area contributed by atoms with Gasteiger partial charge in [-0.2, -0.15) is 0 Å². The predicted molar refractivity (Wildman–Crippen MR) is 88.0 cm³/mol. The second kappa shape index (κ2) is 8.57. The highest BCUT2D eigenvalue weighted by atomic mass is 32.2. The van der Waals surface area contributed by atoms with Crippen molar-refractivity contribution >= 4 is 15.9 Å². The van der Waals surface area contributed by atoms with E-state index in [0.29, 0.717) is 12.0 Å². The van der Waals surface area contributed by atoms with Crippen molar-refractivity contribution < 1.29 is 13.2 Å². The molecule has 0 aromatic heterocycles. The minimum atomic E-state index is -3.23. The number of carbonyl (C=O) groups is 1. The Morgan fingerprint density at radius 2 is 1.86 bits per heavy atom. The molecule has 0 aliphatic heterocycles. The Bertz CT molecular complexity index is 653. The quantitative estimate of drug-likeness (QED) is 0.806. The summed E-state index contributed by atoms with van der Waals surface area (Å²) >= 11 is 0. The van der Waals surface area contributed by atoms with Gasteiger partial charge in [-0.25, -0.2) is 13.1 Å². The summed E-state index contributed by atoms with van der Waals surface area (Å²) in [6, 6.07) is 6.90. The highest BCUT2D eigenvalue weighted by molar-refractivity contribution is 7.89. The average Bonchev–Trinajstić information content (AvgIpc) is 2.49. The molecular formula is C16H22N2O3S. The normalized spacial score (nSPS) is 10.7. The monoisotopic (exact) mass is 322 g/mol. The van der Waals surface area contributed by atoms with E-state index in [0.717, 1.165) is 12.0 Å². The van der Waals surface area contributed by atoms with E-state index in [1.807, 2.05) is 6.92 Å². The Morgan fingerprint density at radius 1 is 1.23 bits per heavy atom. The molecule has 1 aromatic carbocycles. The second-order valence-electron chi connectivity index (χ2n) is 5.07. The fraction of sp³-hybridized carbons (Fsp3) is 0.438. The van der Waals surface area contributed by atoms with E-state index in [-0.39, 0.29) is 18.2 Å². The lowest BCUT2D eigenvalue weighted by atomic mass is 10.1. The molecule has 0 spiro atoms. The molecule has 6 heteroatoms. The van der Waals surface area contributed by atoms with Gasteiger partial charge < -0.3 is 4.90 Å². The molecule has 1 rings (SSSR count). The molecule has 1 N–H and O–H groups in total. The summed E-state index contributed by atoms with van der Waals surface area (Å²) in [7, 11) is 0.162. The van der Waals surface area contributed by atoms with Crippen LogP contribution < -0.4 is 4.72 Å². The zero-order valence-corrected chi connectivity index (χ0v) is 14.0. The zero-order chi connectivity index (χ0) is 16.6. The van der Waals surface area contributed by atoms with Gasteiger partial charge in [0.05, 0.1) is 12.3 Å². The van der Waals surface area contributed by atoms with Crippen molar-refractivity contribution in [3.05, 3.63) is 35.4 Å². The topological polar surface area (TPSA) is 66.5 Å². The van der Waals surface area contributed by atoms with Gasteiger partial charge >= 0.3 is 0 Å². The van der Waals surface area contributed by atoms with Gasteiger partial charge in [0.25, 0.3) is 5.91 Å². The number of nitrogens with one attached hydrogen (secondary N) is 1. The van der Waals surface area contributed by atoms with Crippen LogP contribution in [0, 0.1) is 11.8 Å². The average molecular weight is 322 g/mol. The van der Waals surface area contributed by atoms with Gasteiger partial charge in [-0.15, -0.1) is 0 Å². The van der Waals surface area contributed by atoms with E-state index in [2.05, 4.69) is 16.6 Å². The van der Waals surface area contributed by atoms with Gasteiger partial charge in [0.2, 0.25) is 10.0 Å².